The van der Waals surface area contributed by atoms with Crippen molar-refractivity contribution in [3.63, 3.8) is 0 Å². The van der Waals surface area contributed by atoms with Gasteiger partial charge in [0.25, 0.3) is 0 Å². The van der Waals surface area contributed by atoms with Crippen LogP contribution in [0, 0.1) is 6.92 Å². The van der Waals surface area contributed by atoms with E-state index in [4.69, 9.17) is 5.84 Å². The topological polar surface area (TPSA) is 88.8 Å². The Morgan fingerprint density at radius 2 is 2.12 bits per heavy atom. The molecule has 6 nitrogen and oxygen atoms in total. The standard InChI is InChI=1S/C10H14N6S/c1-7-14-8(6-17-7)2-3-13-9-4-12-5-10(15-9)16-11/h4-6H,2-3,11H2,1H3,(H2,13,15,16). The molecule has 2 heterocycles. The number of hydrazine groups is 1. The summed E-state index contributed by atoms with van der Waals surface area (Å²) in [4.78, 5) is 12.6. The molecule has 0 aliphatic heterocycles. The summed E-state index contributed by atoms with van der Waals surface area (Å²) in [6.07, 6.45) is 4.09. The van der Waals surface area contributed by atoms with Gasteiger partial charge in [0.05, 0.1) is 23.1 Å². The van der Waals surface area contributed by atoms with Crippen LogP contribution >= 0.6 is 11.3 Å². The summed E-state index contributed by atoms with van der Waals surface area (Å²) in [6.45, 7) is 2.77. The number of anilines is 2. The normalized spacial score (nSPS) is 10.2. The van der Waals surface area contributed by atoms with E-state index in [1.54, 1.807) is 23.7 Å². The molecule has 17 heavy (non-hydrogen) atoms. The highest BCUT2D eigenvalue weighted by molar-refractivity contribution is 7.09. The van der Waals surface area contributed by atoms with Crippen LogP contribution in [0.1, 0.15) is 10.7 Å². The van der Waals surface area contributed by atoms with E-state index in [2.05, 4.69) is 31.1 Å². The van der Waals surface area contributed by atoms with Gasteiger partial charge in [-0.15, -0.1) is 11.3 Å². The second-order valence-corrected chi connectivity index (χ2v) is 4.53. The lowest BCUT2D eigenvalue weighted by atomic mass is 10.3. The molecule has 2 aromatic heterocycles. The zero-order valence-corrected chi connectivity index (χ0v) is 10.3. The van der Waals surface area contributed by atoms with Crippen molar-refractivity contribution in [3.05, 3.63) is 28.5 Å². The summed E-state index contributed by atoms with van der Waals surface area (Å²) in [5, 5.41) is 6.33. The van der Waals surface area contributed by atoms with Gasteiger partial charge in [-0.2, -0.15) is 0 Å². The number of aromatic nitrogens is 3. The summed E-state index contributed by atoms with van der Waals surface area (Å²) in [5.74, 6) is 6.49. The molecule has 0 saturated heterocycles. The maximum absolute atomic E-state index is 5.25. The van der Waals surface area contributed by atoms with Crippen LogP contribution in [-0.4, -0.2) is 21.5 Å². The van der Waals surface area contributed by atoms with E-state index < -0.39 is 0 Å². The van der Waals surface area contributed by atoms with Gasteiger partial charge in [0.1, 0.15) is 5.82 Å². The highest BCUT2D eigenvalue weighted by Gasteiger charge is 1.99. The van der Waals surface area contributed by atoms with Gasteiger partial charge in [-0.3, -0.25) is 4.98 Å². The van der Waals surface area contributed by atoms with Crippen molar-refractivity contribution in [1.29, 1.82) is 0 Å². The number of nitrogens with zero attached hydrogens (tertiary/aromatic N) is 3. The minimum absolute atomic E-state index is 0.541. The maximum atomic E-state index is 5.25. The summed E-state index contributed by atoms with van der Waals surface area (Å²) >= 11 is 1.66. The van der Waals surface area contributed by atoms with Gasteiger partial charge < -0.3 is 10.7 Å². The molecule has 90 valence electrons. The minimum Gasteiger partial charge on any atom is -0.368 e. The second-order valence-electron chi connectivity index (χ2n) is 3.47. The number of rotatable bonds is 5. The summed E-state index contributed by atoms with van der Waals surface area (Å²) < 4.78 is 0. The molecular formula is C10H14N6S. The lowest BCUT2D eigenvalue weighted by Crippen LogP contribution is -2.11. The van der Waals surface area contributed by atoms with Crippen LogP contribution in [0.25, 0.3) is 0 Å². The maximum Gasteiger partial charge on any atom is 0.160 e. The molecule has 0 aliphatic carbocycles. The third-order valence-corrected chi connectivity index (χ3v) is 2.96. The Kier molecular flexibility index (Phi) is 3.84. The zero-order valence-electron chi connectivity index (χ0n) is 9.47. The van der Waals surface area contributed by atoms with Gasteiger partial charge in [0.15, 0.2) is 5.82 Å². The molecule has 0 spiro atoms. The number of nitrogens with two attached hydrogens (primary N) is 1. The van der Waals surface area contributed by atoms with Crippen molar-refractivity contribution in [3.8, 4) is 0 Å². The van der Waals surface area contributed by atoms with E-state index in [9.17, 15) is 0 Å². The third kappa shape index (κ3) is 3.36. The molecule has 0 bridgehead atoms. The highest BCUT2D eigenvalue weighted by Crippen LogP contribution is 2.09. The average molecular weight is 250 g/mol. The van der Waals surface area contributed by atoms with Crippen molar-refractivity contribution in [2.45, 2.75) is 13.3 Å². The molecular weight excluding hydrogens is 236 g/mol. The predicted octanol–water partition coefficient (Wildman–Crippen LogP) is 1.18. The zero-order chi connectivity index (χ0) is 12.1. The molecule has 0 atom stereocenters. The minimum atomic E-state index is 0.541. The van der Waals surface area contributed by atoms with Crippen LogP contribution in [0.4, 0.5) is 11.6 Å². The first-order chi connectivity index (χ1) is 8.28. The molecule has 0 fully saturated rings. The number of hydrogen-bond donors (Lipinski definition) is 3. The molecule has 2 rings (SSSR count). The number of thiazole rings is 1. The van der Waals surface area contributed by atoms with Crippen molar-refractivity contribution in [2.75, 3.05) is 17.3 Å². The fourth-order valence-electron chi connectivity index (χ4n) is 1.36. The first-order valence-corrected chi connectivity index (χ1v) is 6.09. The number of nitrogens with one attached hydrogen (secondary N) is 2. The van der Waals surface area contributed by atoms with Crippen molar-refractivity contribution in [2.24, 2.45) is 5.84 Å². The Balaban J connectivity index is 1.85. The van der Waals surface area contributed by atoms with Gasteiger partial charge in [-0.05, 0) is 6.92 Å². The van der Waals surface area contributed by atoms with Crippen molar-refractivity contribution < 1.29 is 0 Å². The molecule has 0 unspecified atom stereocenters. The van der Waals surface area contributed by atoms with E-state index in [0.717, 1.165) is 23.7 Å². The third-order valence-electron chi connectivity index (χ3n) is 2.14. The predicted molar refractivity (Wildman–Crippen MR) is 68.9 cm³/mol. The number of hydrogen-bond acceptors (Lipinski definition) is 7. The monoisotopic (exact) mass is 250 g/mol. The van der Waals surface area contributed by atoms with E-state index in [0.29, 0.717) is 11.6 Å². The van der Waals surface area contributed by atoms with Gasteiger partial charge in [0, 0.05) is 18.3 Å². The summed E-state index contributed by atoms with van der Waals surface area (Å²) in [5.41, 5.74) is 3.55. The Morgan fingerprint density at radius 1 is 1.29 bits per heavy atom. The van der Waals surface area contributed by atoms with Crippen molar-refractivity contribution >= 4 is 23.0 Å². The first-order valence-electron chi connectivity index (χ1n) is 5.21. The average Bonchev–Trinajstić information content (AvgIpc) is 2.75. The Hall–Kier alpha value is -1.73. The number of aryl methyl sites for hydroxylation is 1. The van der Waals surface area contributed by atoms with Crippen LogP contribution in [0.15, 0.2) is 17.8 Å². The Bertz CT molecular complexity index is 483. The van der Waals surface area contributed by atoms with E-state index in [-0.39, 0.29) is 0 Å². The summed E-state index contributed by atoms with van der Waals surface area (Å²) in [6, 6.07) is 0. The quantitative estimate of drug-likeness (QED) is 0.545. The fourth-order valence-corrected chi connectivity index (χ4v) is 2.01. The van der Waals surface area contributed by atoms with Crippen LogP contribution in [-0.2, 0) is 6.42 Å². The van der Waals surface area contributed by atoms with E-state index in [1.165, 1.54) is 0 Å². The Morgan fingerprint density at radius 3 is 2.82 bits per heavy atom. The molecule has 0 radical (unpaired) electrons. The van der Waals surface area contributed by atoms with E-state index in [1.807, 2.05) is 6.92 Å². The van der Waals surface area contributed by atoms with Crippen LogP contribution in [0.5, 0.6) is 0 Å². The van der Waals surface area contributed by atoms with Gasteiger partial charge in [0.2, 0.25) is 0 Å². The van der Waals surface area contributed by atoms with Crippen LogP contribution < -0.4 is 16.6 Å². The first kappa shape index (κ1) is 11.7. The lowest BCUT2D eigenvalue weighted by molar-refractivity contribution is 0.956. The smallest absolute Gasteiger partial charge is 0.160 e. The van der Waals surface area contributed by atoms with Gasteiger partial charge >= 0.3 is 0 Å². The molecule has 0 saturated carbocycles. The highest BCUT2D eigenvalue weighted by atomic mass is 32.1. The second kappa shape index (κ2) is 5.55. The molecule has 0 amide bonds. The summed E-state index contributed by atoms with van der Waals surface area (Å²) in [7, 11) is 0. The SMILES string of the molecule is Cc1nc(CCNc2cncc(NN)n2)cs1. The van der Waals surface area contributed by atoms with Crippen molar-refractivity contribution in [1.82, 2.24) is 15.0 Å². The fraction of sp³-hybridized carbons (Fsp3) is 0.300. The molecule has 2 aromatic rings. The van der Waals surface area contributed by atoms with Crippen LogP contribution in [0.3, 0.4) is 0 Å². The molecule has 7 heteroatoms. The molecule has 0 aliphatic rings. The van der Waals surface area contributed by atoms with Crippen LogP contribution in [0.2, 0.25) is 0 Å². The number of nitrogen functional groups attached to an aromatic ring is 1. The molecule has 0 aromatic carbocycles. The van der Waals surface area contributed by atoms with Gasteiger partial charge in [-0.25, -0.2) is 15.8 Å². The van der Waals surface area contributed by atoms with Gasteiger partial charge in [-0.1, -0.05) is 0 Å². The molecule has 4 N–H and O–H groups in total. The Labute approximate surface area is 103 Å². The lowest BCUT2D eigenvalue weighted by Gasteiger charge is -2.05. The largest absolute Gasteiger partial charge is 0.368 e. The van der Waals surface area contributed by atoms with E-state index >= 15 is 0 Å².